The van der Waals surface area contributed by atoms with Crippen molar-refractivity contribution in [2.45, 2.75) is 11.8 Å². The highest BCUT2D eigenvalue weighted by Crippen LogP contribution is 2.31. The van der Waals surface area contributed by atoms with E-state index in [2.05, 4.69) is 0 Å². The molecule has 1 aliphatic heterocycles. The Balaban J connectivity index is 2.07. The van der Waals surface area contributed by atoms with Crippen molar-refractivity contribution in [3.05, 3.63) is 35.6 Å². The zero-order chi connectivity index (χ0) is 9.97. The Morgan fingerprint density at radius 2 is 2.14 bits per heavy atom. The van der Waals surface area contributed by atoms with Gasteiger partial charge in [0.05, 0.1) is 0 Å². The van der Waals surface area contributed by atoms with Crippen LogP contribution in [0.4, 0.5) is 4.39 Å². The molecule has 76 valence electrons. The highest BCUT2D eigenvalue weighted by Gasteiger charge is 2.26. The average Bonchev–Trinajstić information content (AvgIpc) is 2.56. The normalized spacial score (nSPS) is 26.7. The second-order valence-corrected chi connectivity index (χ2v) is 5.24. The maximum Gasteiger partial charge on any atom is 0.126 e. The van der Waals surface area contributed by atoms with Gasteiger partial charge in [0.1, 0.15) is 5.82 Å². The highest BCUT2D eigenvalue weighted by molar-refractivity contribution is 7.99. The van der Waals surface area contributed by atoms with Crippen LogP contribution in [-0.2, 0) is 6.42 Å². The van der Waals surface area contributed by atoms with Crippen LogP contribution in [0, 0.1) is 11.7 Å². The summed E-state index contributed by atoms with van der Waals surface area (Å²) in [4.78, 5) is 0. The lowest BCUT2D eigenvalue weighted by Gasteiger charge is -2.12. The van der Waals surface area contributed by atoms with Crippen LogP contribution in [0.2, 0.25) is 0 Å². The lowest BCUT2D eigenvalue weighted by Crippen LogP contribution is -2.15. The van der Waals surface area contributed by atoms with E-state index in [-0.39, 0.29) is 11.2 Å². The smallest absolute Gasteiger partial charge is 0.126 e. The van der Waals surface area contributed by atoms with E-state index in [0.29, 0.717) is 5.92 Å². The van der Waals surface area contributed by atoms with Gasteiger partial charge in [-0.2, -0.15) is 11.8 Å². The van der Waals surface area contributed by atoms with E-state index in [1.54, 1.807) is 6.07 Å². The first-order valence-electron chi connectivity index (χ1n) is 4.72. The number of rotatable bonds is 2. The SMILES string of the molecule is Fc1ccccc1CC1CSCC1Cl. The van der Waals surface area contributed by atoms with Gasteiger partial charge in [0, 0.05) is 11.1 Å². The number of thioether (sulfide) groups is 1. The third-order valence-electron chi connectivity index (χ3n) is 2.56. The van der Waals surface area contributed by atoms with E-state index < -0.39 is 0 Å². The number of alkyl halides is 1. The van der Waals surface area contributed by atoms with E-state index in [1.165, 1.54) is 6.07 Å². The molecule has 0 aliphatic carbocycles. The van der Waals surface area contributed by atoms with Crippen LogP contribution in [-0.4, -0.2) is 16.9 Å². The molecule has 1 saturated heterocycles. The molecule has 1 aromatic rings. The second kappa shape index (κ2) is 4.54. The number of halogens is 2. The van der Waals surface area contributed by atoms with E-state index in [9.17, 15) is 4.39 Å². The Hall–Kier alpha value is -0.210. The van der Waals surface area contributed by atoms with Gasteiger partial charge in [-0.05, 0) is 29.7 Å². The zero-order valence-electron chi connectivity index (χ0n) is 7.75. The summed E-state index contributed by atoms with van der Waals surface area (Å²) in [5.74, 6) is 2.38. The van der Waals surface area contributed by atoms with Crippen LogP contribution < -0.4 is 0 Å². The van der Waals surface area contributed by atoms with E-state index in [0.717, 1.165) is 23.5 Å². The topological polar surface area (TPSA) is 0 Å². The van der Waals surface area contributed by atoms with E-state index in [4.69, 9.17) is 11.6 Å². The predicted octanol–water partition coefficient (Wildman–Crippen LogP) is 3.34. The maximum atomic E-state index is 13.3. The molecule has 0 amide bonds. The van der Waals surface area contributed by atoms with Crippen molar-refractivity contribution in [3.8, 4) is 0 Å². The first-order valence-corrected chi connectivity index (χ1v) is 6.31. The van der Waals surface area contributed by atoms with Gasteiger partial charge in [-0.3, -0.25) is 0 Å². The molecule has 3 heteroatoms. The second-order valence-electron chi connectivity index (χ2n) is 3.61. The lowest BCUT2D eigenvalue weighted by molar-refractivity contribution is 0.557. The van der Waals surface area contributed by atoms with Crippen LogP contribution >= 0.6 is 23.4 Å². The molecule has 2 atom stereocenters. The summed E-state index contributed by atoms with van der Waals surface area (Å²) in [6.45, 7) is 0. The minimum absolute atomic E-state index is 0.103. The van der Waals surface area contributed by atoms with Gasteiger partial charge in [-0.1, -0.05) is 18.2 Å². The number of hydrogen-bond donors (Lipinski definition) is 0. The zero-order valence-corrected chi connectivity index (χ0v) is 9.32. The van der Waals surface area contributed by atoms with Gasteiger partial charge < -0.3 is 0 Å². The third-order valence-corrected chi connectivity index (χ3v) is 4.51. The van der Waals surface area contributed by atoms with Crippen molar-refractivity contribution in [1.82, 2.24) is 0 Å². The molecule has 0 N–H and O–H groups in total. The first-order chi connectivity index (χ1) is 6.77. The van der Waals surface area contributed by atoms with Crippen LogP contribution in [0.5, 0.6) is 0 Å². The Morgan fingerprint density at radius 3 is 2.79 bits per heavy atom. The molecule has 1 fully saturated rings. The number of hydrogen-bond acceptors (Lipinski definition) is 1. The van der Waals surface area contributed by atoms with Gasteiger partial charge in [-0.25, -0.2) is 4.39 Å². The van der Waals surface area contributed by atoms with Crippen LogP contribution in [0.3, 0.4) is 0 Å². The molecular formula is C11H12ClFS. The molecule has 0 saturated carbocycles. The Morgan fingerprint density at radius 1 is 1.36 bits per heavy atom. The fourth-order valence-corrected chi connectivity index (χ4v) is 3.54. The quantitative estimate of drug-likeness (QED) is 0.703. The summed E-state index contributed by atoms with van der Waals surface area (Å²) < 4.78 is 13.3. The average molecular weight is 231 g/mol. The Bertz CT molecular complexity index is 316. The number of benzene rings is 1. The minimum atomic E-state index is -0.103. The van der Waals surface area contributed by atoms with E-state index >= 15 is 0 Å². The molecule has 1 heterocycles. The molecule has 14 heavy (non-hydrogen) atoms. The standard InChI is InChI=1S/C11H12ClFS/c12-10-7-14-6-9(10)5-8-3-1-2-4-11(8)13/h1-4,9-10H,5-7H2. The lowest BCUT2D eigenvalue weighted by atomic mass is 9.98. The molecule has 0 spiro atoms. The largest absolute Gasteiger partial charge is 0.207 e. The summed E-state index contributed by atoms with van der Waals surface area (Å²) >= 11 is 8.00. The van der Waals surface area contributed by atoms with Gasteiger partial charge >= 0.3 is 0 Å². The molecule has 1 aromatic carbocycles. The van der Waals surface area contributed by atoms with Crippen molar-refractivity contribution in [2.75, 3.05) is 11.5 Å². The van der Waals surface area contributed by atoms with Crippen molar-refractivity contribution in [3.63, 3.8) is 0 Å². The molecule has 0 bridgehead atoms. The van der Waals surface area contributed by atoms with Crippen molar-refractivity contribution >= 4 is 23.4 Å². The Kier molecular flexibility index (Phi) is 3.34. The van der Waals surface area contributed by atoms with Crippen LogP contribution in [0.15, 0.2) is 24.3 Å². The van der Waals surface area contributed by atoms with Crippen LogP contribution in [0.25, 0.3) is 0 Å². The summed E-state index contributed by atoms with van der Waals surface area (Å²) in [6, 6.07) is 6.97. The molecule has 0 radical (unpaired) electrons. The Labute approximate surface area is 92.8 Å². The van der Waals surface area contributed by atoms with Crippen molar-refractivity contribution in [1.29, 1.82) is 0 Å². The summed E-state index contributed by atoms with van der Waals surface area (Å²) in [6.07, 6.45) is 0.772. The summed E-state index contributed by atoms with van der Waals surface area (Å²) in [5.41, 5.74) is 0.797. The predicted molar refractivity (Wildman–Crippen MR) is 60.6 cm³/mol. The fraction of sp³-hybridized carbons (Fsp3) is 0.455. The molecule has 0 aromatic heterocycles. The van der Waals surface area contributed by atoms with Gasteiger partial charge in [0.15, 0.2) is 0 Å². The van der Waals surface area contributed by atoms with Gasteiger partial charge in [0.25, 0.3) is 0 Å². The van der Waals surface area contributed by atoms with Crippen LogP contribution in [0.1, 0.15) is 5.56 Å². The minimum Gasteiger partial charge on any atom is -0.207 e. The monoisotopic (exact) mass is 230 g/mol. The molecular weight excluding hydrogens is 219 g/mol. The maximum absolute atomic E-state index is 13.3. The van der Waals surface area contributed by atoms with Gasteiger partial charge in [-0.15, -0.1) is 11.6 Å². The molecule has 0 nitrogen and oxygen atoms in total. The highest BCUT2D eigenvalue weighted by atomic mass is 35.5. The van der Waals surface area contributed by atoms with E-state index in [1.807, 2.05) is 23.9 Å². The summed E-state index contributed by atoms with van der Waals surface area (Å²) in [7, 11) is 0. The summed E-state index contributed by atoms with van der Waals surface area (Å²) in [5, 5.41) is 0.208. The molecule has 2 unspecified atom stereocenters. The van der Waals surface area contributed by atoms with Gasteiger partial charge in [0.2, 0.25) is 0 Å². The molecule has 2 rings (SSSR count). The first kappa shape index (κ1) is 10.3. The van der Waals surface area contributed by atoms with Crippen molar-refractivity contribution in [2.24, 2.45) is 5.92 Å². The van der Waals surface area contributed by atoms with Crippen molar-refractivity contribution < 1.29 is 4.39 Å². The fourth-order valence-electron chi connectivity index (χ4n) is 1.71. The molecule has 1 aliphatic rings. The third kappa shape index (κ3) is 2.23.